The molecule has 1 aliphatic carbocycles. The van der Waals surface area contributed by atoms with Crippen LogP contribution < -0.4 is 0 Å². The molecule has 0 atom stereocenters. The van der Waals surface area contributed by atoms with Crippen molar-refractivity contribution in [2.75, 3.05) is 0 Å². The molecule has 1 fully saturated rings. The van der Waals surface area contributed by atoms with Gasteiger partial charge in [0.2, 0.25) is 0 Å². The van der Waals surface area contributed by atoms with Gasteiger partial charge in [-0.2, -0.15) is 18.3 Å². The lowest BCUT2D eigenvalue weighted by Crippen LogP contribution is -2.21. The predicted molar refractivity (Wildman–Crippen MR) is 93.1 cm³/mol. The highest BCUT2D eigenvalue weighted by Crippen LogP contribution is 2.31. The Morgan fingerprint density at radius 2 is 1.93 bits per heavy atom. The van der Waals surface area contributed by atoms with Crippen molar-refractivity contribution in [3.05, 3.63) is 36.9 Å². The van der Waals surface area contributed by atoms with Gasteiger partial charge in [-0.05, 0) is 30.5 Å². The van der Waals surface area contributed by atoms with E-state index in [-0.39, 0.29) is 0 Å². The minimum absolute atomic E-state index is 0.584. The molecular weight excluding hydrogens is 361 g/mol. The fourth-order valence-electron chi connectivity index (χ4n) is 3.24. The van der Waals surface area contributed by atoms with Crippen molar-refractivity contribution in [1.82, 2.24) is 19.7 Å². The maximum absolute atomic E-state index is 10.6. The van der Waals surface area contributed by atoms with E-state index in [1.165, 1.54) is 43.2 Å². The molecule has 0 radical (unpaired) electrons. The molecule has 0 unspecified atom stereocenters. The van der Waals surface area contributed by atoms with Gasteiger partial charge in [0, 0.05) is 29.5 Å². The Hall–Kier alpha value is -2.84. The molecule has 1 aliphatic rings. The standard InChI is InChI=1S/C16H18N4.C2HF3O2/c1-2-4-13(5-3-1)20-11-12(10-19-20)14-6-8-17-16-15(14)7-9-18-16;3-2(4,5)1(6)7/h6-11,13H,1-5H2,(H,17,18);(H,6,7). The lowest BCUT2D eigenvalue weighted by atomic mass is 9.96. The lowest BCUT2D eigenvalue weighted by molar-refractivity contribution is -0.192. The molecule has 0 bridgehead atoms. The summed E-state index contributed by atoms with van der Waals surface area (Å²) < 4.78 is 33.9. The number of carboxylic acids is 1. The first-order valence-electron chi connectivity index (χ1n) is 8.63. The van der Waals surface area contributed by atoms with Crippen LogP contribution in [-0.4, -0.2) is 37.0 Å². The van der Waals surface area contributed by atoms with E-state index in [4.69, 9.17) is 9.90 Å². The van der Waals surface area contributed by atoms with E-state index in [0.717, 1.165) is 11.0 Å². The second kappa shape index (κ2) is 7.81. The third-order valence-corrected chi connectivity index (χ3v) is 4.56. The summed E-state index contributed by atoms with van der Waals surface area (Å²) in [6, 6.07) is 4.73. The summed E-state index contributed by atoms with van der Waals surface area (Å²) in [5.74, 6) is -2.76. The second-order valence-corrected chi connectivity index (χ2v) is 6.40. The molecule has 2 N–H and O–H groups in total. The number of H-pyrrole nitrogens is 1. The van der Waals surface area contributed by atoms with Crippen LogP contribution in [0, 0.1) is 0 Å². The van der Waals surface area contributed by atoms with Crippen molar-refractivity contribution in [3.63, 3.8) is 0 Å². The lowest BCUT2D eigenvalue weighted by Gasteiger charge is -2.21. The van der Waals surface area contributed by atoms with E-state index in [1.54, 1.807) is 0 Å². The summed E-state index contributed by atoms with van der Waals surface area (Å²) in [6.45, 7) is 0. The van der Waals surface area contributed by atoms with Crippen LogP contribution in [0.3, 0.4) is 0 Å². The minimum atomic E-state index is -5.08. The van der Waals surface area contributed by atoms with Crippen LogP contribution >= 0.6 is 0 Å². The third kappa shape index (κ3) is 4.47. The average Bonchev–Trinajstić information content (AvgIpc) is 3.31. The molecule has 0 spiro atoms. The van der Waals surface area contributed by atoms with Gasteiger partial charge in [-0.3, -0.25) is 4.68 Å². The van der Waals surface area contributed by atoms with Crippen LogP contribution in [-0.2, 0) is 4.79 Å². The van der Waals surface area contributed by atoms with Crippen LogP contribution in [0.2, 0.25) is 0 Å². The van der Waals surface area contributed by atoms with Gasteiger partial charge < -0.3 is 10.1 Å². The largest absolute Gasteiger partial charge is 0.490 e. The zero-order valence-corrected chi connectivity index (χ0v) is 14.4. The number of aromatic nitrogens is 4. The number of fused-ring (bicyclic) bond motifs is 1. The van der Waals surface area contributed by atoms with E-state index in [2.05, 4.69) is 38.1 Å². The number of nitrogens with zero attached hydrogens (tertiary/aromatic N) is 3. The van der Waals surface area contributed by atoms with E-state index in [0.29, 0.717) is 6.04 Å². The highest BCUT2D eigenvalue weighted by molar-refractivity contribution is 5.92. The quantitative estimate of drug-likeness (QED) is 0.682. The van der Waals surface area contributed by atoms with Crippen molar-refractivity contribution in [1.29, 1.82) is 0 Å². The van der Waals surface area contributed by atoms with Crippen molar-refractivity contribution in [2.24, 2.45) is 0 Å². The Morgan fingerprint density at radius 3 is 2.59 bits per heavy atom. The van der Waals surface area contributed by atoms with Gasteiger partial charge in [-0.25, -0.2) is 9.78 Å². The summed E-state index contributed by atoms with van der Waals surface area (Å²) in [5.41, 5.74) is 3.33. The van der Waals surface area contributed by atoms with Gasteiger partial charge in [-0.15, -0.1) is 0 Å². The zero-order chi connectivity index (χ0) is 19.4. The van der Waals surface area contributed by atoms with E-state index in [9.17, 15) is 13.2 Å². The summed E-state index contributed by atoms with van der Waals surface area (Å²) in [4.78, 5) is 16.4. The summed E-state index contributed by atoms with van der Waals surface area (Å²) in [6.07, 6.45) is 9.44. The van der Waals surface area contributed by atoms with Crippen LogP contribution in [0.25, 0.3) is 22.2 Å². The monoisotopic (exact) mass is 380 g/mol. The van der Waals surface area contributed by atoms with Crippen molar-refractivity contribution < 1.29 is 23.1 Å². The first-order valence-corrected chi connectivity index (χ1v) is 8.63. The fraction of sp³-hybridized carbons (Fsp3) is 0.389. The first-order chi connectivity index (χ1) is 12.9. The normalized spacial score (nSPS) is 15.4. The number of carbonyl (C=O) groups is 1. The number of alkyl halides is 3. The van der Waals surface area contributed by atoms with Crippen LogP contribution in [0.1, 0.15) is 38.1 Å². The SMILES string of the molecule is O=C(O)C(F)(F)F.c1cc(-c2cnn(C3CCCCC3)c2)c2cc[nH]c2n1. The van der Waals surface area contributed by atoms with Gasteiger partial charge in [0.05, 0.1) is 12.2 Å². The Morgan fingerprint density at radius 1 is 1.22 bits per heavy atom. The summed E-state index contributed by atoms with van der Waals surface area (Å²) in [7, 11) is 0. The number of hydrogen-bond acceptors (Lipinski definition) is 3. The summed E-state index contributed by atoms with van der Waals surface area (Å²) >= 11 is 0. The van der Waals surface area contributed by atoms with Crippen LogP contribution in [0.15, 0.2) is 36.9 Å². The Labute approximate surface area is 153 Å². The predicted octanol–water partition coefficient (Wildman–Crippen LogP) is 4.56. The molecule has 3 aromatic rings. The number of nitrogens with one attached hydrogen (secondary N) is 1. The molecule has 144 valence electrons. The molecule has 3 heterocycles. The molecule has 6 nitrogen and oxygen atoms in total. The molecule has 0 aliphatic heterocycles. The first kappa shape index (κ1) is 18.9. The summed E-state index contributed by atoms with van der Waals surface area (Å²) in [5, 5.41) is 12.9. The van der Waals surface area contributed by atoms with Crippen molar-refractivity contribution >= 4 is 17.0 Å². The Balaban J connectivity index is 0.000000260. The van der Waals surface area contributed by atoms with Gasteiger partial charge in [0.15, 0.2) is 0 Å². The molecular formula is C18H19F3N4O2. The molecule has 9 heteroatoms. The highest BCUT2D eigenvalue weighted by atomic mass is 19.4. The molecule has 1 saturated carbocycles. The van der Waals surface area contributed by atoms with Gasteiger partial charge in [0.1, 0.15) is 5.65 Å². The maximum atomic E-state index is 10.6. The molecule has 27 heavy (non-hydrogen) atoms. The number of carboxylic acid groups (broad SMARTS) is 1. The van der Waals surface area contributed by atoms with Crippen molar-refractivity contribution in [2.45, 2.75) is 44.3 Å². The van der Waals surface area contributed by atoms with Gasteiger partial charge in [0.25, 0.3) is 0 Å². The van der Waals surface area contributed by atoms with E-state index < -0.39 is 12.1 Å². The number of rotatable bonds is 2. The van der Waals surface area contributed by atoms with Crippen LogP contribution in [0.5, 0.6) is 0 Å². The minimum Gasteiger partial charge on any atom is -0.475 e. The maximum Gasteiger partial charge on any atom is 0.490 e. The van der Waals surface area contributed by atoms with Crippen molar-refractivity contribution in [3.8, 4) is 11.1 Å². The number of aromatic amines is 1. The number of aliphatic carboxylic acids is 1. The molecule has 3 aromatic heterocycles. The molecule has 0 amide bonds. The molecule has 0 aromatic carbocycles. The number of hydrogen-bond donors (Lipinski definition) is 2. The average molecular weight is 380 g/mol. The second-order valence-electron chi connectivity index (χ2n) is 6.40. The highest BCUT2D eigenvalue weighted by Gasteiger charge is 2.38. The molecule has 0 saturated heterocycles. The Bertz CT molecular complexity index is 911. The zero-order valence-electron chi connectivity index (χ0n) is 14.4. The van der Waals surface area contributed by atoms with E-state index >= 15 is 0 Å². The smallest absolute Gasteiger partial charge is 0.475 e. The fourth-order valence-corrected chi connectivity index (χ4v) is 3.24. The van der Waals surface area contributed by atoms with Gasteiger partial charge in [-0.1, -0.05) is 19.3 Å². The van der Waals surface area contributed by atoms with Crippen LogP contribution in [0.4, 0.5) is 13.2 Å². The molecule has 4 rings (SSSR count). The number of halogens is 3. The third-order valence-electron chi connectivity index (χ3n) is 4.56. The van der Waals surface area contributed by atoms with Gasteiger partial charge >= 0.3 is 12.1 Å². The topological polar surface area (TPSA) is 83.8 Å². The number of pyridine rings is 1. The Kier molecular flexibility index (Phi) is 5.48. The van der Waals surface area contributed by atoms with E-state index in [1.807, 2.05) is 18.6 Å².